The van der Waals surface area contributed by atoms with Crippen molar-refractivity contribution in [1.82, 2.24) is 20.2 Å². The average molecular weight is 461 g/mol. The molecule has 3 aromatic rings. The molecule has 0 fully saturated rings. The third-order valence-electron chi connectivity index (χ3n) is 5.76. The highest BCUT2D eigenvalue weighted by atomic mass is 19.1. The lowest BCUT2D eigenvalue weighted by Gasteiger charge is -2.31. The van der Waals surface area contributed by atoms with Gasteiger partial charge >= 0.3 is 0 Å². The van der Waals surface area contributed by atoms with E-state index in [1.807, 2.05) is 26.0 Å². The second-order valence-electron chi connectivity index (χ2n) is 8.34. The van der Waals surface area contributed by atoms with Crippen molar-refractivity contribution >= 4 is 0 Å². The monoisotopic (exact) mass is 460 g/mol. The molecular weight excluding hydrogens is 434 g/mol. The predicted molar refractivity (Wildman–Crippen MR) is 123 cm³/mol. The number of aromatic nitrogens is 4. The quantitative estimate of drug-likeness (QED) is 0.471. The van der Waals surface area contributed by atoms with Crippen LogP contribution in [-0.4, -0.2) is 20.2 Å². The summed E-state index contributed by atoms with van der Waals surface area (Å²) in [7, 11) is 0. The molecule has 6 nitrogen and oxygen atoms in total. The maximum absolute atomic E-state index is 14.4. The smallest absolute Gasteiger partial charge is 0.177 e. The molecule has 2 heterocycles. The lowest BCUT2D eigenvalue weighted by atomic mass is 9.75. The van der Waals surface area contributed by atoms with Crippen LogP contribution >= 0.6 is 0 Å². The molecule has 8 heteroatoms. The van der Waals surface area contributed by atoms with Crippen LogP contribution in [0, 0.1) is 40.2 Å². The van der Waals surface area contributed by atoms with Gasteiger partial charge in [0.05, 0.1) is 28.8 Å². The van der Waals surface area contributed by atoms with E-state index in [2.05, 4.69) is 34.0 Å². The van der Waals surface area contributed by atoms with Gasteiger partial charge in [-0.2, -0.15) is 15.6 Å². The maximum atomic E-state index is 14.4. The minimum atomic E-state index is -0.691. The minimum Gasteiger partial charge on any atom is -0.241 e. The van der Waals surface area contributed by atoms with Crippen LogP contribution in [0.5, 0.6) is 0 Å². The summed E-state index contributed by atoms with van der Waals surface area (Å²) in [4.78, 5) is 8.42. The zero-order chi connectivity index (χ0) is 24.8. The normalized spacial score (nSPS) is 16.6. The summed E-state index contributed by atoms with van der Waals surface area (Å²) in [5.41, 5.74) is 1.98. The molecule has 0 amide bonds. The lowest BCUT2D eigenvalue weighted by molar-refractivity contribution is 0.422. The van der Waals surface area contributed by atoms with E-state index in [0.717, 1.165) is 24.8 Å². The van der Waals surface area contributed by atoms with E-state index in [1.165, 1.54) is 24.4 Å². The van der Waals surface area contributed by atoms with Crippen LogP contribution in [0.15, 0.2) is 30.5 Å². The molecule has 0 radical (unpaired) electrons. The van der Waals surface area contributed by atoms with Crippen molar-refractivity contribution in [3.8, 4) is 23.4 Å². The fourth-order valence-corrected chi connectivity index (χ4v) is 4.37. The first-order valence-electron chi connectivity index (χ1n) is 11.4. The van der Waals surface area contributed by atoms with Crippen molar-refractivity contribution in [2.24, 2.45) is 5.92 Å². The molecule has 2 atom stereocenters. The Bertz CT molecular complexity index is 1240. The summed E-state index contributed by atoms with van der Waals surface area (Å²) in [5, 5.41) is 27.0. The Morgan fingerprint density at radius 3 is 2.32 bits per heavy atom. The van der Waals surface area contributed by atoms with Crippen molar-refractivity contribution in [3.63, 3.8) is 0 Å². The first-order valence-corrected chi connectivity index (χ1v) is 11.4. The molecule has 34 heavy (non-hydrogen) atoms. The predicted octanol–water partition coefficient (Wildman–Crippen LogP) is 6.04. The van der Waals surface area contributed by atoms with Crippen LogP contribution in [0.25, 0.3) is 11.3 Å². The first-order chi connectivity index (χ1) is 16.4. The van der Waals surface area contributed by atoms with Crippen LogP contribution in [-0.2, 0) is 0 Å². The number of nitrogens with zero attached hydrogens (tertiary/aromatic N) is 6. The lowest BCUT2D eigenvalue weighted by Crippen LogP contribution is -2.21. The highest BCUT2D eigenvalue weighted by molar-refractivity contribution is 5.62. The average Bonchev–Trinajstić information content (AvgIpc) is 2.84. The molecule has 4 rings (SSSR count). The molecule has 1 unspecified atom stereocenters. The van der Waals surface area contributed by atoms with Gasteiger partial charge in [-0.3, -0.25) is 0 Å². The highest BCUT2D eigenvalue weighted by Gasteiger charge is 2.33. The van der Waals surface area contributed by atoms with Gasteiger partial charge in [0.1, 0.15) is 23.8 Å². The van der Waals surface area contributed by atoms with Gasteiger partial charge in [-0.15, -0.1) is 5.10 Å². The zero-order valence-electron chi connectivity index (χ0n) is 19.7. The number of rotatable bonds is 4. The first kappa shape index (κ1) is 24.9. The summed E-state index contributed by atoms with van der Waals surface area (Å²) in [6.45, 7) is 8.26. The molecule has 2 aromatic heterocycles. The second kappa shape index (κ2) is 10.9. The summed E-state index contributed by atoms with van der Waals surface area (Å²) >= 11 is 0. The van der Waals surface area contributed by atoms with Crippen LogP contribution in [0.1, 0.15) is 87.1 Å². The molecule has 0 N–H and O–H groups in total. The van der Waals surface area contributed by atoms with Crippen molar-refractivity contribution < 1.29 is 8.78 Å². The van der Waals surface area contributed by atoms with Crippen LogP contribution in [0.3, 0.4) is 0 Å². The Balaban J connectivity index is 0.00000158. The van der Waals surface area contributed by atoms with Gasteiger partial charge in [0.15, 0.2) is 11.4 Å². The Labute approximate surface area is 198 Å². The van der Waals surface area contributed by atoms with Crippen molar-refractivity contribution in [3.05, 3.63) is 70.4 Å². The second-order valence-corrected chi connectivity index (χ2v) is 8.34. The highest BCUT2D eigenvalue weighted by Crippen LogP contribution is 2.44. The van der Waals surface area contributed by atoms with E-state index in [9.17, 15) is 14.0 Å². The van der Waals surface area contributed by atoms with Gasteiger partial charge < -0.3 is 0 Å². The van der Waals surface area contributed by atoms with E-state index >= 15 is 0 Å². The minimum absolute atomic E-state index is 0.0265. The summed E-state index contributed by atoms with van der Waals surface area (Å²) < 4.78 is 28.8. The Hall–Kier alpha value is -3.78. The third kappa shape index (κ3) is 4.92. The van der Waals surface area contributed by atoms with Crippen molar-refractivity contribution in [2.75, 3.05) is 0 Å². The van der Waals surface area contributed by atoms with Crippen molar-refractivity contribution in [2.45, 2.75) is 58.8 Å². The molecule has 0 spiro atoms. The number of nitriles is 2. The fourth-order valence-electron chi connectivity index (χ4n) is 4.37. The molecule has 174 valence electrons. The van der Waals surface area contributed by atoms with Crippen LogP contribution < -0.4 is 0 Å². The van der Waals surface area contributed by atoms with Gasteiger partial charge in [0, 0.05) is 5.92 Å². The molecule has 0 bridgehead atoms. The summed E-state index contributed by atoms with van der Waals surface area (Å²) in [5.74, 6) is -1.07. The molecule has 1 aliphatic carbocycles. The molecular formula is C26H26F2N6. The molecule has 0 aliphatic heterocycles. The Morgan fingerprint density at radius 1 is 1.03 bits per heavy atom. The van der Waals surface area contributed by atoms with Crippen LogP contribution in [0.2, 0.25) is 0 Å². The van der Waals surface area contributed by atoms with Gasteiger partial charge in [-0.1, -0.05) is 33.8 Å². The number of hydrogen-bond donors (Lipinski definition) is 0. The van der Waals surface area contributed by atoms with E-state index in [1.54, 1.807) is 6.07 Å². The maximum Gasteiger partial charge on any atom is 0.177 e. The van der Waals surface area contributed by atoms with Crippen LogP contribution in [0.4, 0.5) is 8.78 Å². The topological polar surface area (TPSA) is 99.1 Å². The van der Waals surface area contributed by atoms with E-state index in [0.29, 0.717) is 17.3 Å². The third-order valence-corrected chi connectivity index (χ3v) is 5.76. The fraction of sp³-hybridized carbons (Fsp3) is 0.385. The standard InChI is InChI=1S/C24H20F2N6.C2H6/c1-13(2)8-14-6-7-15(22-12-29-20(10-27)21(11-28)30-22)24-16(14)9-19(31-32-24)23-17(25)4-3-5-18(23)26;1-2/h3-5,9,12-15H,6-8H2,1-2H3;1-2H3/t14-,15?;/m1./s1. The van der Waals surface area contributed by atoms with Crippen molar-refractivity contribution in [1.29, 1.82) is 10.5 Å². The Kier molecular flexibility index (Phi) is 7.96. The number of fused-ring (bicyclic) bond motifs is 1. The number of halogens is 2. The van der Waals surface area contributed by atoms with Gasteiger partial charge in [0.2, 0.25) is 0 Å². The van der Waals surface area contributed by atoms with E-state index in [-0.39, 0.29) is 34.5 Å². The van der Waals surface area contributed by atoms with Gasteiger partial charge in [0.25, 0.3) is 0 Å². The van der Waals surface area contributed by atoms with E-state index < -0.39 is 11.6 Å². The molecule has 1 aliphatic rings. The summed E-state index contributed by atoms with van der Waals surface area (Å²) in [6.07, 6.45) is 3.93. The molecule has 0 saturated carbocycles. The SMILES string of the molecule is CC.CC(C)C[C@H]1CCC(c2cnc(C#N)c(C#N)n2)c2nnc(-c3c(F)cccc3F)cc21. The number of hydrogen-bond acceptors (Lipinski definition) is 6. The van der Waals surface area contributed by atoms with Gasteiger partial charge in [-0.25, -0.2) is 18.7 Å². The van der Waals surface area contributed by atoms with Gasteiger partial charge in [-0.05, 0) is 54.9 Å². The largest absolute Gasteiger partial charge is 0.241 e. The molecule has 0 saturated heterocycles. The summed E-state index contributed by atoms with van der Waals surface area (Å²) in [6, 6.07) is 9.22. The Morgan fingerprint density at radius 2 is 1.71 bits per heavy atom. The number of benzene rings is 1. The molecule has 1 aromatic carbocycles. The zero-order valence-corrected chi connectivity index (χ0v) is 19.7. The van der Waals surface area contributed by atoms with E-state index in [4.69, 9.17) is 5.26 Å².